The summed E-state index contributed by atoms with van der Waals surface area (Å²) in [6.45, 7) is 1.13. The van der Waals surface area contributed by atoms with Crippen molar-refractivity contribution in [3.05, 3.63) is 90.1 Å². The molecule has 1 N–H and O–H groups in total. The Kier molecular flexibility index (Phi) is 4.74. The summed E-state index contributed by atoms with van der Waals surface area (Å²) in [4.78, 5) is 16.3. The highest BCUT2D eigenvalue weighted by atomic mass is 16.5. The molecule has 1 amide bonds. The van der Waals surface area contributed by atoms with E-state index in [0.29, 0.717) is 12.3 Å². The molecule has 0 radical (unpaired) electrons. The van der Waals surface area contributed by atoms with Crippen molar-refractivity contribution < 1.29 is 9.32 Å². The molecule has 0 spiro atoms. The minimum Gasteiger partial charge on any atom is -0.355 e. The molecule has 134 valence electrons. The largest absolute Gasteiger partial charge is 0.355 e. The van der Waals surface area contributed by atoms with Crippen LogP contribution in [0.5, 0.6) is 0 Å². The second-order valence-corrected chi connectivity index (χ2v) is 6.02. The van der Waals surface area contributed by atoms with Gasteiger partial charge in [-0.1, -0.05) is 29.4 Å². The Bertz CT molecular complexity index is 1010. The van der Waals surface area contributed by atoms with E-state index in [4.69, 9.17) is 4.52 Å². The second kappa shape index (κ2) is 7.65. The molecule has 4 rings (SSSR count). The van der Waals surface area contributed by atoms with Crippen LogP contribution in [-0.4, -0.2) is 25.8 Å². The average Bonchev–Trinajstić information content (AvgIpc) is 3.40. The first kappa shape index (κ1) is 16.7. The van der Waals surface area contributed by atoms with Gasteiger partial charge in [-0.05, 0) is 29.3 Å². The van der Waals surface area contributed by atoms with Gasteiger partial charge in [0.2, 0.25) is 0 Å². The first-order chi connectivity index (χ1) is 13.3. The fourth-order valence-corrected chi connectivity index (χ4v) is 2.64. The number of hydrogen-bond donors (Lipinski definition) is 1. The molecule has 3 aromatic heterocycles. The molecule has 0 aliphatic carbocycles. The van der Waals surface area contributed by atoms with Gasteiger partial charge in [0.15, 0.2) is 11.5 Å². The van der Waals surface area contributed by atoms with Gasteiger partial charge in [0.1, 0.15) is 0 Å². The van der Waals surface area contributed by atoms with Crippen molar-refractivity contribution in [3.63, 3.8) is 0 Å². The molecule has 7 nitrogen and oxygen atoms in total. The van der Waals surface area contributed by atoms with Crippen LogP contribution in [-0.2, 0) is 13.1 Å². The lowest BCUT2D eigenvalue weighted by atomic mass is 10.1. The predicted octanol–water partition coefficient (Wildman–Crippen LogP) is 2.91. The van der Waals surface area contributed by atoms with E-state index >= 15 is 0 Å². The van der Waals surface area contributed by atoms with Crippen LogP contribution in [0.15, 0.2) is 77.8 Å². The minimum absolute atomic E-state index is 0.240. The van der Waals surface area contributed by atoms with Gasteiger partial charge in [-0.3, -0.25) is 14.5 Å². The smallest absolute Gasteiger partial charge is 0.273 e. The number of hydrogen-bond acceptors (Lipinski definition) is 5. The van der Waals surface area contributed by atoms with Crippen LogP contribution in [0, 0.1) is 0 Å². The van der Waals surface area contributed by atoms with E-state index < -0.39 is 0 Å². The van der Waals surface area contributed by atoms with E-state index in [0.717, 1.165) is 23.2 Å². The van der Waals surface area contributed by atoms with Gasteiger partial charge in [-0.25, -0.2) is 0 Å². The number of amides is 1. The molecule has 0 aliphatic heterocycles. The monoisotopic (exact) mass is 359 g/mol. The molecule has 0 atom stereocenters. The lowest BCUT2D eigenvalue weighted by Gasteiger charge is -2.06. The van der Waals surface area contributed by atoms with Crippen LogP contribution < -0.4 is 5.32 Å². The molecule has 0 saturated heterocycles. The summed E-state index contributed by atoms with van der Waals surface area (Å²) in [5.41, 5.74) is 3.16. The summed E-state index contributed by atoms with van der Waals surface area (Å²) in [7, 11) is 0. The highest BCUT2D eigenvalue weighted by Crippen LogP contribution is 2.18. The number of aromatic nitrogens is 4. The molecule has 0 aliphatic rings. The number of carbonyl (C=O) groups excluding carboxylic acids is 1. The number of nitrogens with one attached hydrogen (secondary N) is 1. The Morgan fingerprint density at radius 1 is 1.07 bits per heavy atom. The zero-order valence-corrected chi connectivity index (χ0v) is 14.4. The Hall–Kier alpha value is -3.74. The van der Waals surface area contributed by atoms with E-state index in [-0.39, 0.29) is 11.6 Å². The molecule has 0 unspecified atom stereocenters. The van der Waals surface area contributed by atoms with E-state index in [2.05, 4.69) is 20.6 Å². The third kappa shape index (κ3) is 4.09. The molecule has 27 heavy (non-hydrogen) atoms. The third-order valence-corrected chi connectivity index (χ3v) is 4.07. The van der Waals surface area contributed by atoms with Crippen LogP contribution >= 0.6 is 0 Å². The van der Waals surface area contributed by atoms with Crippen LogP contribution in [0.1, 0.15) is 21.6 Å². The van der Waals surface area contributed by atoms with Crippen molar-refractivity contribution >= 4 is 5.91 Å². The van der Waals surface area contributed by atoms with Gasteiger partial charge in [0.05, 0.1) is 6.54 Å². The molecule has 4 aromatic rings. The molecule has 0 fully saturated rings. The van der Waals surface area contributed by atoms with Crippen molar-refractivity contribution in [2.45, 2.75) is 13.1 Å². The summed E-state index contributed by atoms with van der Waals surface area (Å²) in [6.07, 6.45) is 7.01. The first-order valence-electron chi connectivity index (χ1n) is 8.48. The highest BCUT2D eigenvalue weighted by Gasteiger charge is 2.13. The summed E-state index contributed by atoms with van der Waals surface area (Å²) in [5, 5.41) is 10.9. The predicted molar refractivity (Wildman–Crippen MR) is 98.7 cm³/mol. The van der Waals surface area contributed by atoms with Gasteiger partial charge in [-0.15, -0.1) is 0 Å². The quantitative estimate of drug-likeness (QED) is 0.572. The number of carbonyl (C=O) groups is 1. The summed E-state index contributed by atoms with van der Waals surface area (Å²) in [5.74, 6) is 0.228. The average molecular weight is 359 g/mol. The number of benzene rings is 1. The maximum Gasteiger partial charge on any atom is 0.273 e. The molecule has 0 saturated carbocycles. The van der Waals surface area contributed by atoms with E-state index in [1.54, 1.807) is 30.7 Å². The zero-order chi connectivity index (χ0) is 18.5. The Morgan fingerprint density at radius 3 is 2.67 bits per heavy atom. The van der Waals surface area contributed by atoms with Gasteiger partial charge >= 0.3 is 0 Å². The van der Waals surface area contributed by atoms with Crippen LogP contribution in [0.3, 0.4) is 0 Å². The van der Waals surface area contributed by atoms with Crippen LogP contribution in [0.2, 0.25) is 0 Å². The molecule has 7 heteroatoms. The lowest BCUT2D eigenvalue weighted by Crippen LogP contribution is -2.23. The maximum atomic E-state index is 12.3. The van der Waals surface area contributed by atoms with Gasteiger partial charge < -0.3 is 9.84 Å². The Labute approximate surface area is 155 Å². The van der Waals surface area contributed by atoms with E-state index in [1.165, 1.54) is 0 Å². The van der Waals surface area contributed by atoms with Crippen molar-refractivity contribution in [2.75, 3.05) is 0 Å². The van der Waals surface area contributed by atoms with Crippen molar-refractivity contribution in [2.24, 2.45) is 0 Å². The lowest BCUT2D eigenvalue weighted by molar-refractivity contribution is 0.0942. The molecular formula is C20H17N5O2. The Morgan fingerprint density at radius 2 is 1.93 bits per heavy atom. The summed E-state index contributed by atoms with van der Waals surface area (Å²) < 4.78 is 7.09. The normalized spacial score (nSPS) is 10.7. The molecule has 0 bridgehead atoms. The maximum absolute atomic E-state index is 12.3. The fraction of sp³-hybridized carbons (Fsp3) is 0.100. The van der Waals surface area contributed by atoms with E-state index in [1.807, 2.05) is 47.3 Å². The number of nitrogens with zero attached hydrogens (tertiary/aromatic N) is 4. The molecular weight excluding hydrogens is 342 g/mol. The first-order valence-corrected chi connectivity index (χ1v) is 8.48. The molecule has 1 aromatic carbocycles. The minimum atomic E-state index is -0.283. The van der Waals surface area contributed by atoms with E-state index in [9.17, 15) is 4.79 Å². The zero-order valence-electron chi connectivity index (χ0n) is 14.4. The number of pyridine rings is 1. The topological polar surface area (TPSA) is 85.8 Å². The van der Waals surface area contributed by atoms with Gasteiger partial charge in [0.25, 0.3) is 5.91 Å². The van der Waals surface area contributed by atoms with Gasteiger partial charge in [-0.2, -0.15) is 5.10 Å². The fourth-order valence-electron chi connectivity index (χ4n) is 2.64. The Balaban J connectivity index is 1.34. The van der Waals surface area contributed by atoms with Crippen LogP contribution in [0.25, 0.3) is 11.3 Å². The highest BCUT2D eigenvalue weighted by molar-refractivity contribution is 5.93. The molecule has 3 heterocycles. The number of rotatable bonds is 6. The van der Waals surface area contributed by atoms with Crippen molar-refractivity contribution in [1.29, 1.82) is 0 Å². The SMILES string of the molecule is O=C(NCc1ccc(Cn2cccn2)cc1)c1cc(-c2cccnc2)on1. The van der Waals surface area contributed by atoms with Crippen molar-refractivity contribution in [3.8, 4) is 11.3 Å². The summed E-state index contributed by atoms with van der Waals surface area (Å²) in [6, 6.07) is 15.2. The standard InChI is InChI=1S/C20H17N5O2/c26-20(18-11-19(27-24-18)17-3-1-8-21-13-17)22-12-15-4-6-16(7-5-15)14-25-10-2-9-23-25/h1-11,13H,12,14H2,(H,22,26). The van der Waals surface area contributed by atoms with Gasteiger partial charge in [0, 0.05) is 43.0 Å². The van der Waals surface area contributed by atoms with Crippen LogP contribution in [0.4, 0.5) is 0 Å². The van der Waals surface area contributed by atoms with Crippen molar-refractivity contribution in [1.82, 2.24) is 25.2 Å². The summed E-state index contributed by atoms with van der Waals surface area (Å²) >= 11 is 0. The second-order valence-electron chi connectivity index (χ2n) is 6.02. The third-order valence-electron chi connectivity index (χ3n) is 4.07.